The second-order valence-corrected chi connectivity index (χ2v) is 3.54. The Morgan fingerprint density at radius 3 is 2.65 bits per heavy atom. The van der Waals surface area contributed by atoms with Gasteiger partial charge < -0.3 is 0 Å². The normalized spacial score (nSPS) is 10.9. The number of hydrogen-bond acceptors (Lipinski definition) is 3. The zero-order valence-corrected chi connectivity index (χ0v) is 9.28. The van der Waals surface area contributed by atoms with E-state index in [1.54, 1.807) is 13.1 Å². The van der Waals surface area contributed by atoms with Crippen LogP contribution >= 0.6 is 0 Å². The smallest absolute Gasteiger partial charge is 0.261 e. The summed E-state index contributed by atoms with van der Waals surface area (Å²) in [6, 6.07) is 9.61. The van der Waals surface area contributed by atoms with E-state index in [1.807, 2.05) is 36.4 Å². The van der Waals surface area contributed by atoms with E-state index in [2.05, 4.69) is 5.10 Å². The minimum Gasteiger partial charge on any atom is -0.261 e. The summed E-state index contributed by atoms with van der Waals surface area (Å²) >= 11 is 0. The SMILES string of the molecule is Cn1ncc([N+](=O)[O-])c1/C=C/c1ccccc1. The van der Waals surface area contributed by atoms with E-state index in [1.165, 1.54) is 10.9 Å². The highest BCUT2D eigenvalue weighted by molar-refractivity contribution is 5.71. The standard InChI is InChI=1S/C12H11N3O2/c1-14-11(12(9-13-14)15(16)17)8-7-10-5-3-2-4-6-10/h2-9H,1H3/b8-7+. The minimum atomic E-state index is -0.433. The summed E-state index contributed by atoms with van der Waals surface area (Å²) in [6.45, 7) is 0. The number of aryl methyl sites for hydroxylation is 1. The van der Waals surface area contributed by atoms with Crippen LogP contribution in [0.5, 0.6) is 0 Å². The lowest BCUT2D eigenvalue weighted by Crippen LogP contribution is -1.95. The van der Waals surface area contributed by atoms with Crippen LogP contribution in [0.2, 0.25) is 0 Å². The van der Waals surface area contributed by atoms with Crippen LogP contribution in [-0.4, -0.2) is 14.7 Å². The highest BCUT2D eigenvalue weighted by Crippen LogP contribution is 2.19. The first kappa shape index (κ1) is 11.1. The molecule has 0 aliphatic carbocycles. The van der Waals surface area contributed by atoms with Crippen LogP contribution in [0.25, 0.3) is 12.2 Å². The van der Waals surface area contributed by atoms with Crippen molar-refractivity contribution in [1.82, 2.24) is 9.78 Å². The second-order valence-electron chi connectivity index (χ2n) is 3.54. The lowest BCUT2D eigenvalue weighted by Gasteiger charge is -1.95. The fraction of sp³-hybridized carbons (Fsp3) is 0.0833. The third-order valence-corrected chi connectivity index (χ3v) is 2.39. The monoisotopic (exact) mass is 229 g/mol. The summed E-state index contributed by atoms with van der Waals surface area (Å²) in [7, 11) is 1.68. The van der Waals surface area contributed by atoms with Gasteiger partial charge in [0.2, 0.25) is 0 Å². The van der Waals surface area contributed by atoms with Gasteiger partial charge in [-0.05, 0) is 11.6 Å². The van der Waals surface area contributed by atoms with Crippen LogP contribution in [0.15, 0.2) is 36.5 Å². The predicted octanol–water partition coefficient (Wildman–Crippen LogP) is 2.50. The van der Waals surface area contributed by atoms with Gasteiger partial charge in [0.25, 0.3) is 0 Å². The van der Waals surface area contributed by atoms with Gasteiger partial charge in [0.15, 0.2) is 0 Å². The average Bonchev–Trinajstić information content (AvgIpc) is 2.69. The van der Waals surface area contributed by atoms with Crippen LogP contribution in [0.3, 0.4) is 0 Å². The van der Waals surface area contributed by atoms with E-state index in [0.29, 0.717) is 5.69 Å². The first-order valence-electron chi connectivity index (χ1n) is 5.08. The van der Waals surface area contributed by atoms with E-state index in [4.69, 9.17) is 0 Å². The van der Waals surface area contributed by atoms with Gasteiger partial charge in [-0.3, -0.25) is 14.8 Å². The highest BCUT2D eigenvalue weighted by atomic mass is 16.6. The molecule has 0 spiro atoms. The third-order valence-electron chi connectivity index (χ3n) is 2.39. The summed E-state index contributed by atoms with van der Waals surface area (Å²) in [5, 5.41) is 14.6. The van der Waals surface area contributed by atoms with Crippen molar-refractivity contribution in [3.63, 3.8) is 0 Å². The van der Waals surface area contributed by atoms with Gasteiger partial charge in [-0.2, -0.15) is 5.10 Å². The van der Waals surface area contributed by atoms with Crippen molar-refractivity contribution in [2.75, 3.05) is 0 Å². The quantitative estimate of drug-likeness (QED) is 0.600. The van der Waals surface area contributed by atoms with Crippen molar-refractivity contribution < 1.29 is 4.92 Å². The fourth-order valence-electron chi connectivity index (χ4n) is 1.51. The lowest BCUT2D eigenvalue weighted by atomic mass is 10.2. The highest BCUT2D eigenvalue weighted by Gasteiger charge is 2.15. The Bertz CT molecular complexity index is 558. The molecule has 2 rings (SSSR count). The zero-order chi connectivity index (χ0) is 12.3. The van der Waals surface area contributed by atoms with E-state index in [-0.39, 0.29) is 5.69 Å². The molecule has 1 aromatic carbocycles. The zero-order valence-electron chi connectivity index (χ0n) is 9.28. The Kier molecular flexibility index (Phi) is 3.00. The molecule has 5 nitrogen and oxygen atoms in total. The number of benzene rings is 1. The average molecular weight is 229 g/mol. The van der Waals surface area contributed by atoms with Crippen molar-refractivity contribution in [1.29, 1.82) is 0 Å². The molecule has 5 heteroatoms. The fourth-order valence-corrected chi connectivity index (χ4v) is 1.51. The molecule has 1 aromatic heterocycles. The first-order chi connectivity index (χ1) is 8.18. The Labute approximate surface area is 98.2 Å². The van der Waals surface area contributed by atoms with Crippen LogP contribution in [0.1, 0.15) is 11.3 Å². The largest absolute Gasteiger partial charge is 0.314 e. The molecule has 0 N–H and O–H groups in total. The van der Waals surface area contributed by atoms with Gasteiger partial charge in [0.05, 0.1) is 4.92 Å². The number of nitrogens with zero attached hydrogens (tertiary/aromatic N) is 3. The van der Waals surface area contributed by atoms with Crippen LogP contribution in [-0.2, 0) is 7.05 Å². The van der Waals surface area contributed by atoms with Crippen LogP contribution in [0, 0.1) is 10.1 Å². The van der Waals surface area contributed by atoms with Crippen molar-refractivity contribution >= 4 is 17.8 Å². The molecule has 1 heterocycles. The van der Waals surface area contributed by atoms with Crippen LogP contribution < -0.4 is 0 Å². The topological polar surface area (TPSA) is 61.0 Å². The molecule has 0 aliphatic heterocycles. The molecule has 0 bridgehead atoms. The number of hydrogen-bond donors (Lipinski definition) is 0. The van der Waals surface area contributed by atoms with Crippen molar-refractivity contribution in [3.05, 3.63) is 57.9 Å². The maximum Gasteiger partial charge on any atom is 0.314 e. The van der Waals surface area contributed by atoms with Gasteiger partial charge in [-0.25, -0.2) is 0 Å². The van der Waals surface area contributed by atoms with E-state index in [0.717, 1.165) is 5.56 Å². The maximum atomic E-state index is 10.8. The molecule has 0 aliphatic rings. The number of rotatable bonds is 3. The van der Waals surface area contributed by atoms with E-state index in [9.17, 15) is 10.1 Å². The Morgan fingerprint density at radius 1 is 1.29 bits per heavy atom. The van der Waals surface area contributed by atoms with Crippen LogP contribution in [0.4, 0.5) is 5.69 Å². The molecule has 0 saturated heterocycles. The van der Waals surface area contributed by atoms with Gasteiger partial charge in [0, 0.05) is 7.05 Å². The lowest BCUT2D eigenvalue weighted by molar-refractivity contribution is -0.385. The maximum absolute atomic E-state index is 10.8. The Balaban J connectivity index is 2.33. The molecule has 0 amide bonds. The molecule has 0 atom stereocenters. The first-order valence-corrected chi connectivity index (χ1v) is 5.08. The molecule has 0 fully saturated rings. The van der Waals surface area contributed by atoms with Gasteiger partial charge >= 0.3 is 5.69 Å². The summed E-state index contributed by atoms with van der Waals surface area (Å²) in [4.78, 5) is 10.3. The molecule has 86 valence electrons. The van der Waals surface area contributed by atoms with Gasteiger partial charge in [-0.15, -0.1) is 0 Å². The third kappa shape index (κ3) is 2.39. The van der Waals surface area contributed by atoms with Crippen molar-refractivity contribution in [3.8, 4) is 0 Å². The van der Waals surface area contributed by atoms with Gasteiger partial charge in [0.1, 0.15) is 11.9 Å². The molecule has 0 unspecified atom stereocenters. The van der Waals surface area contributed by atoms with Crippen molar-refractivity contribution in [2.45, 2.75) is 0 Å². The molecule has 0 saturated carbocycles. The van der Waals surface area contributed by atoms with Crippen molar-refractivity contribution in [2.24, 2.45) is 7.05 Å². The summed E-state index contributed by atoms with van der Waals surface area (Å²) in [6.07, 6.45) is 4.77. The van der Waals surface area contributed by atoms with E-state index >= 15 is 0 Å². The number of nitro groups is 1. The minimum absolute atomic E-state index is 0.0136. The summed E-state index contributed by atoms with van der Waals surface area (Å²) in [5.74, 6) is 0. The Morgan fingerprint density at radius 2 is 2.00 bits per heavy atom. The second kappa shape index (κ2) is 4.61. The number of aromatic nitrogens is 2. The molecular weight excluding hydrogens is 218 g/mol. The Hall–Kier alpha value is -2.43. The molecule has 0 radical (unpaired) electrons. The predicted molar refractivity (Wildman–Crippen MR) is 65.2 cm³/mol. The molecule has 2 aromatic rings. The van der Waals surface area contributed by atoms with E-state index < -0.39 is 4.92 Å². The summed E-state index contributed by atoms with van der Waals surface area (Å²) in [5.41, 5.74) is 1.49. The molecule has 17 heavy (non-hydrogen) atoms. The molecular formula is C12H11N3O2. The van der Waals surface area contributed by atoms with Gasteiger partial charge in [-0.1, -0.05) is 36.4 Å². The summed E-state index contributed by atoms with van der Waals surface area (Å²) < 4.78 is 1.48.